The normalized spacial score (nSPS) is 10.6. The molecular weight excluding hydrogens is 266 g/mol. The second-order valence-corrected chi connectivity index (χ2v) is 4.74. The summed E-state index contributed by atoms with van der Waals surface area (Å²) in [7, 11) is 1.59. The summed E-state index contributed by atoms with van der Waals surface area (Å²) in [4.78, 5) is 4.40. The fourth-order valence-corrected chi connectivity index (χ4v) is 2.02. The van der Waals surface area contributed by atoms with E-state index < -0.39 is 0 Å². The molecule has 0 amide bonds. The first-order chi connectivity index (χ1) is 10.2. The molecule has 1 heterocycles. The summed E-state index contributed by atoms with van der Waals surface area (Å²) in [6, 6.07) is 13.3. The molecule has 0 saturated carbocycles. The number of ether oxygens (including phenoxy) is 1. The fraction of sp³-hybridized carbons (Fsp3) is 0.125. The van der Waals surface area contributed by atoms with Gasteiger partial charge in [-0.3, -0.25) is 0 Å². The van der Waals surface area contributed by atoms with E-state index in [1.807, 2.05) is 31.2 Å². The lowest BCUT2D eigenvalue weighted by atomic mass is 10.1. The lowest BCUT2D eigenvalue weighted by molar-refractivity contribution is 0.414. The summed E-state index contributed by atoms with van der Waals surface area (Å²) in [6.45, 7) is 2.03. The number of nitrogen functional groups attached to an aromatic ring is 1. The molecule has 5 heteroatoms. The Morgan fingerprint density at radius 2 is 1.86 bits per heavy atom. The summed E-state index contributed by atoms with van der Waals surface area (Å²) in [5, 5.41) is 4.00. The van der Waals surface area contributed by atoms with Gasteiger partial charge in [0, 0.05) is 17.3 Å². The number of anilines is 1. The third-order valence-electron chi connectivity index (χ3n) is 3.22. The average molecular weight is 281 g/mol. The van der Waals surface area contributed by atoms with E-state index >= 15 is 0 Å². The minimum atomic E-state index is 0.394. The van der Waals surface area contributed by atoms with Crippen LogP contribution in [-0.4, -0.2) is 17.3 Å². The van der Waals surface area contributed by atoms with Gasteiger partial charge in [0.15, 0.2) is 0 Å². The largest absolute Gasteiger partial charge is 0.497 e. The summed E-state index contributed by atoms with van der Waals surface area (Å²) < 4.78 is 10.4. The van der Waals surface area contributed by atoms with E-state index in [2.05, 4.69) is 10.1 Å². The van der Waals surface area contributed by atoms with E-state index in [1.54, 1.807) is 25.3 Å². The van der Waals surface area contributed by atoms with Crippen LogP contribution in [0.1, 0.15) is 5.56 Å². The minimum absolute atomic E-state index is 0.394. The topological polar surface area (TPSA) is 74.2 Å². The molecule has 0 radical (unpaired) electrons. The van der Waals surface area contributed by atoms with Crippen molar-refractivity contribution < 1.29 is 9.26 Å². The van der Waals surface area contributed by atoms with Crippen LogP contribution in [-0.2, 0) is 0 Å². The minimum Gasteiger partial charge on any atom is -0.497 e. The molecule has 0 aliphatic heterocycles. The average Bonchev–Trinajstić information content (AvgIpc) is 2.97. The maximum atomic E-state index is 5.99. The second kappa shape index (κ2) is 5.28. The van der Waals surface area contributed by atoms with Crippen LogP contribution in [0.5, 0.6) is 5.75 Å². The Labute approximate surface area is 122 Å². The molecule has 0 aliphatic rings. The Hall–Kier alpha value is -2.82. The number of rotatable bonds is 3. The second-order valence-electron chi connectivity index (χ2n) is 4.74. The smallest absolute Gasteiger partial charge is 0.260 e. The molecule has 3 rings (SSSR count). The molecule has 0 spiro atoms. The Morgan fingerprint density at radius 3 is 2.52 bits per heavy atom. The lowest BCUT2D eigenvalue weighted by Gasteiger charge is -2.03. The number of methoxy groups -OCH3 is 1. The van der Waals surface area contributed by atoms with Gasteiger partial charge in [-0.15, -0.1) is 0 Å². The van der Waals surface area contributed by atoms with Crippen LogP contribution in [0.25, 0.3) is 22.8 Å². The number of hydrogen-bond acceptors (Lipinski definition) is 5. The lowest BCUT2D eigenvalue weighted by Crippen LogP contribution is -1.92. The van der Waals surface area contributed by atoms with Gasteiger partial charge < -0.3 is 15.0 Å². The quantitative estimate of drug-likeness (QED) is 0.745. The fourth-order valence-electron chi connectivity index (χ4n) is 2.02. The van der Waals surface area contributed by atoms with Crippen molar-refractivity contribution in [2.24, 2.45) is 0 Å². The SMILES string of the molecule is COc1ccc(-c2nc(-c3ccc(C)cc3)no2)c(N)c1. The van der Waals surface area contributed by atoms with E-state index in [-0.39, 0.29) is 0 Å². The molecule has 5 nitrogen and oxygen atoms in total. The monoisotopic (exact) mass is 281 g/mol. The van der Waals surface area contributed by atoms with Gasteiger partial charge in [-0.25, -0.2) is 0 Å². The van der Waals surface area contributed by atoms with Gasteiger partial charge in [-0.1, -0.05) is 35.0 Å². The molecule has 106 valence electrons. The molecule has 0 aliphatic carbocycles. The first kappa shape index (κ1) is 13.2. The van der Waals surface area contributed by atoms with Gasteiger partial charge in [0.25, 0.3) is 5.89 Å². The van der Waals surface area contributed by atoms with Crippen LogP contribution >= 0.6 is 0 Å². The van der Waals surface area contributed by atoms with Crippen LogP contribution in [0.15, 0.2) is 47.0 Å². The predicted octanol–water partition coefficient (Wildman–Crippen LogP) is 3.30. The van der Waals surface area contributed by atoms with Crippen molar-refractivity contribution in [1.29, 1.82) is 0 Å². The van der Waals surface area contributed by atoms with Crippen molar-refractivity contribution in [3.63, 3.8) is 0 Å². The van der Waals surface area contributed by atoms with Crippen molar-refractivity contribution in [2.75, 3.05) is 12.8 Å². The van der Waals surface area contributed by atoms with Crippen molar-refractivity contribution in [1.82, 2.24) is 10.1 Å². The first-order valence-electron chi connectivity index (χ1n) is 6.52. The van der Waals surface area contributed by atoms with Crippen LogP contribution in [0, 0.1) is 6.92 Å². The molecular formula is C16H15N3O2. The van der Waals surface area contributed by atoms with Gasteiger partial charge in [-0.2, -0.15) is 4.98 Å². The highest BCUT2D eigenvalue weighted by molar-refractivity contribution is 5.73. The van der Waals surface area contributed by atoms with Crippen molar-refractivity contribution >= 4 is 5.69 Å². The highest BCUT2D eigenvalue weighted by Gasteiger charge is 2.13. The van der Waals surface area contributed by atoms with Crippen molar-refractivity contribution in [3.05, 3.63) is 48.0 Å². The number of hydrogen-bond donors (Lipinski definition) is 1. The predicted molar refractivity (Wildman–Crippen MR) is 80.9 cm³/mol. The highest BCUT2D eigenvalue weighted by Crippen LogP contribution is 2.29. The van der Waals surface area contributed by atoms with Gasteiger partial charge in [0.1, 0.15) is 5.75 Å². The number of aromatic nitrogens is 2. The van der Waals surface area contributed by atoms with E-state index in [9.17, 15) is 0 Å². The molecule has 0 unspecified atom stereocenters. The summed E-state index contributed by atoms with van der Waals surface area (Å²) in [5.41, 5.74) is 9.31. The number of nitrogens with zero attached hydrogens (tertiary/aromatic N) is 2. The first-order valence-corrected chi connectivity index (χ1v) is 6.52. The Morgan fingerprint density at radius 1 is 1.10 bits per heavy atom. The molecule has 0 fully saturated rings. The van der Waals surface area contributed by atoms with Gasteiger partial charge in [0.2, 0.25) is 5.82 Å². The molecule has 0 atom stereocenters. The third kappa shape index (κ3) is 2.58. The maximum Gasteiger partial charge on any atom is 0.260 e. The van der Waals surface area contributed by atoms with Gasteiger partial charge in [-0.05, 0) is 19.1 Å². The summed E-state index contributed by atoms with van der Waals surface area (Å²) >= 11 is 0. The Kier molecular flexibility index (Phi) is 3.31. The Bertz CT molecular complexity index is 763. The molecule has 0 bridgehead atoms. The van der Waals surface area contributed by atoms with E-state index in [0.717, 1.165) is 5.56 Å². The van der Waals surface area contributed by atoms with Crippen LogP contribution in [0.3, 0.4) is 0 Å². The number of aryl methyl sites for hydroxylation is 1. The number of nitrogens with two attached hydrogens (primary N) is 1. The van der Waals surface area contributed by atoms with E-state index in [4.69, 9.17) is 15.0 Å². The van der Waals surface area contributed by atoms with Crippen molar-refractivity contribution in [2.45, 2.75) is 6.92 Å². The molecule has 2 aromatic carbocycles. The van der Waals surface area contributed by atoms with E-state index in [1.165, 1.54) is 5.56 Å². The Balaban J connectivity index is 1.96. The number of benzene rings is 2. The zero-order valence-corrected chi connectivity index (χ0v) is 11.8. The molecule has 21 heavy (non-hydrogen) atoms. The highest BCUT2D eigenvalue weighted by atomic mass is 16.5. The van der Waals surface area contributed by atoms with Crippen LogP contribution < -0.4 is 10.5 Å². The van der Waals surface area contributed by atoms with Crippen molar-refractivity contribution in [3.8, 4) is 28.6 Å². The zero-order valence-electron chi connectivity index (χ0n) is 11.8. The third-order valence-corrected chi connectivity index (χ3v) is 3.22. The van der Waals surface area contributed by atoms with Crippen LogP contribution in [0.4, 0.5) is 5.69 Å². The van der Waals surface area contributed by atoms with Gasteiger partial charge >= 0.3 is 0 Å². The van der Waals surface area contributed by atoms with E-state index in [0.29, 0.717) is 28.7 Å². The molecule has 2 N–H and O–H groups in total. The summed E-state index contributed by atoms with van der Waals surface area (Å²) in [6.07, 6.45) is 0. The molecule has 0 saturated heterocycles. The zero-order chi connectivity index (χ0) is 14.8. The molecule has 3 aromatic rings. The standard InChI is InChI=1S/C16H15N3O2/c1-10-3-5-11(6-4-10)15-18-16(21-19-15)13-8-7-12(20-2)9-14(13)17/h3-9H,17H2,1-2H3. The molecule has 1 aromatic heterocycles. The maximum absolute atomic E-state index is 5.99. The summed E-state index contributed by atoms with van der Waals surface area (Å²) in [5.74, 6) is 1.63. The van der Waals surface area contributed by atoms with Gasteiger partial charge in [0.05, 0.1) is 12.7 Å². The van der Waals surface area contributed by atoms with Crippen LogP contribution in [0.2, 0.25) is 0 Å².